The summed E-state index contributed by atoms with van der Waals surface area (Å²) in [5.74, 6) is 0.497. The lowest BCUT2D eigenvalue weighted by Gasteiger charge is -2.26. The van der Waals surface area contributed by atoms with Crippen LogP contribution < -0.4 is 16.0 Å². The van der Waals surface area contributed by atoms with Crippen LogP contribution in [0.1, 0.15) is 24.8 Å². The smallest absolute Gasteiger partial charge is 0.242 e. The molecule has 4 heteroatoms. The Bertz CT molecular complexity index is 433. The van der Waals surface area contributed by atoms with Gasteiger partial charge in [0.15, 0.2) is 0 Å². The molecule has 1 heterocycles. The van der Waals surface area contributed by atoms with Gasteiger partial charge in [0.2, 0.25) is 5.91 Å². The first-order valence-electron chi connectivity index (χ1n) is 6.46. The minimum Gasteiger partial charge on any atom is -0.359 e. The van der Waals surface area contributed by atoms with Crippen molar-refractivity contribution in [1.29, 1.82) is 0 Å². The number of nitrogens with zero attached hydrogens (tertiary/aromatic N) is 1. The standard InChI is InChI=1S/C14H21N3O/c1-10(14(18)16-2)17-9-11(7-8-15)12-5-3-4-6-13(12)17/h3-6,10-11H,7-9,15H2,1-2H3,(H,16,18). The quantitative estimate of drug-likeness (QED) is 0.837. The summed E-state index contributed by atoms with van der Waals surface area (Å²) < 4.78 is 0. The van der Waals surface area contributed by atoms with Crippen LogP contribution in [0.25, 0.3) is 0 Å². The number of hydrogen-bond acceptors (Lipinski definition) is 3. The number of nitrogens with one attached hydrogen (secondary N) is 1. The number of anilines is 1. The van der Waals surface area contributed by atoms with E-state index in [1.807, 2.05) is 13.0 Å². The summed E-state index contributed by atoms with van der Waals surface area (Å²) in [7, 11) is 1.68. The molecular formula is C14H21N3O. The topological polar surface area (TPSA) is 58.4 Å². The molecule has 0 saturated carbocycles. The predicted octanol–water partition coefficient (Wildman–Crippen LogP) is 1.07. The van der Waals surface area contributed by atoms with Gasteiger partial charge in [-0.15, -0.1) is 0 Å². The van der Waals surface area contributed by atoms with Gasteiger partial charge in [0.1, 0.15) is 6.04 Å². The Labute approximate surface area is 108 Å². The Kier molecular flexibility index (Phi) is 3.87. The first kappa shape index (κ1) is 12.9. The Morgan fingerprint density at radius 2 is 2.28 bits per heavy atom. The van der Waals surface area contributed by atoms with Gasteiger partial charge in [-0.25, -0.2) is 0 Å². The van der Waals surface area contributed by atoms with E-state index in [-0.39, 0.29) is 11.9 Å². The van der Waals surface area contributed by atoms with E-state index in [2.05, 4.69) is 28.4 Å². The van der Waals surface area contributed by atoms with E-state index in [0.29, 0.717) is 12.5 Å². The molecule has 0 aromatic heterocycles. The van der Waals surface area contributed by atoms with Gasteiger partial charge >= 0.3 is 0 Å². The van der Waals surface area contributed by atoms with Crippen LogP contribution in [0.3, 0.4) is 0 Å². The zero-order chi connectivity index (χ0) is 13.1. The average Bonchev–Trinajstić information content (AvgIpc) is 2.77. The molecule has 0 radical (unpaired) electrons. The fourth-order valence-corrected chi connectivity index (χ4v) is 2.69. The number of rotatable bonds is 4. The zero-order valence-corrected chi connectivity index (χ0v) is 11.0. The summed E-state index contributed by atoms with van der Waals surface area (Å²) in [5, 5.41) is 2.71. The maximum atomic E-state index is 11.8. The molecule has 0 saturated heterocycles. The molecule has 4 nitrogen and oxygen atoms in total. The number of amides is 1. The number of para-hydroxylation sites is 1. The fraction of sp³-hybridized carbons (Fsp3) is 0.500. The maximum Gasteiger partial charge on any atom is 0.242 e. The van der Waals surface area contributed by atoms with Crippen molar-refractivity contribution in [3.05, 3.63) is 29.8 Å². The van der Waals surface area contributed by atoms with Gasteiger partial charge < -0.3 is 16.0 Å². The van der Waals surface area contributed by atoms with Crippen molar-refractivity contribution in [2.45, 2.75) is 25.3 Å². The van der Waals surface area contributed by atoms with E-state index >= 15 is 0 Å². The molecule has 0 fully saturated rings. The Morgan fingerprint density at radius 1 is 1.56 bits per heavy atom. The third-order valence-corrected chi connectivity index (χ3v) is 3.71. The van der Waals surface area contributed by atoms with Crippen molar-refractivity contribution in [2.75, 3.05) is 25.0 Å². The lowest BCUT2D eigenvalue weighted by Crippen LogP contribution is -2.43. The van der Waals surface area contributed by atoms with Gasteiger partial charge in [-0.2, -0.15) is 0 Å². The molecule has 1 amide bonds. The van der Waals surface area contributed by atoms with Crippen LogP contribution >= 0.6 is 0 Å². The number of nitrogens with two attached hydrogens (primary N) is 1. The number of hydrogen-bond donors (Lipinski definition) is 2. The monoisotopic (exact) mass is 247 g/mol. The second-order valence-electron chi connectivity index (χ2n) is 4.78. The van der Waals surface area contributed by atoms with Crippen molar-refractivity contribution in [1.82, 2.24) is 5.32 Å². The molecule has 0 spiro atoms. The summed E-state index contributed by atoms with van der Waals surface area (Å²) in [6.45, 7) is 3.51. The molecule has 0 aliphatic carbocycles. The molecule has 1 aromatic carbocycles. The van der Waals surface area contributed by atoms with Crippen molar-refractivity contribution < 1.29 is 4.79 Å². The van der Waals surface area contributed by atoms with E-state index in [4.69, 9.17) is 5.73 Å². The van der Waals surface area contributed by atoms with Crippen LogP contribution in [-0.2, 0) is 4.79 Å². The van der Waals surface area contributed by atoms with Crippen LogP contribution in [0.2, 0.25) is 0 Å². The SMILES string of the molecule is CNC(=O)C(C)N1CC(CCN)c2ccccc21. The number of carbonyl (C=O) groups excluding carboxylic acids is 1. The minimum absolute atomic E-state index is 0.0539. The van der Waals surface area contributed by atoms with Crippen LogP contribution in [0, 0.1) is 0 Å². The Balaban J connectivity index is 2.27. The lowest BCUT2D eigenvalue weighted by molar-refractivity contribution is -0.121. The number of likely N-dealkylation sites (N-methyl/N-ethyl adjacent to an activating group) is 1. The van der Waals surface area contributed by atoms with Crippen LogP contribution in [0.4, 0.5) is 5.69 Å². The number of benzene rings is 1. The van der Waals surface area contributed by atoms with Crippen molar-refractivity contribution in [3.8, 4) is 0 Å². The highest BCUT2D eigenvalue weighted by molar-refractivity contribution is 5.85. The largest absolute Gasteiger partial charge is 0.359 e. The molecule has 1 aromatic rings. The Morgan fingerprint density at radius 3 is 2.94 bits per heavy atom. The maximum absolute atomic E-state index is 11.8. The van der Waals surface area contributed by atoms with Crippen molar-refractivity contribution in [3.63, 3.8) is 0 Å². The summed E-state index contributed by atoms with van der Waals surface area (Å²) >= 11 is 0. The van der Waals surface area contributed by atoms with E-state index < -0.39 is 0 Å². The molecule has 1 aliphatic rings. The molecule has 98 valence electrons. The molecule has 0 bridgehead atoms. The van der Waals surface area contributed by atoms with Crippen molar-refractivity contribution >= 4 is 11.6 Å². The molecule has 2 unspecified atom stereocenters. The highest BCUT2D eigenvalue weighted by Gasteiger charge is 2.32. The van der Waals surface area contributed by atoms with E-state index in [0.717, 1.165) is 13.0 Å². The normalized spacial score (nSPS) is 19.5. The summed E-state index contributed by atoms with van der Waals surface area (Å²) in [6, 6.07) is 8.17. The highest BCUT2D eigenvalue weighted by Crippen LogP contribution is 2.38. The first-order chi connectivity index (χ1) is 8.69. The molecule has 1 aliphatic heterocycles. The van der Waals surface area contributed by atoms with Crippen LogP contribution in [0.15, 0.2) is 24.3 Å². The van der Waals surface area contributed by atoms with Crippen molar-refractivity contribution in [2.24, 2.45) is 5.73 Å². The van der Waals surface area contributed by atoms with Gasteiger partial charge in [0, 0.05) is 25.2 Å². The molecule has 2 rings (SSSR count). The highest BCUT2D eigenvalue weighted by atomic mass is 16.2. The van der Waals surface area contributed by atoms with E-state index in [9.17, 15) is 4.79 Å². The number of carbonyl (C=O) groups is 1. The van der Waals surface area contributed by atoms with Crippen LogP contribution in [0.5, 0.6) is 0 Å². The zero-order valence-electron chi connectivity index (χ0n) is 11.0. The molecule has 18 heavy (non-hydrogen) atoms. The summed E-state index contributed by atoms with van der Waals surface area (Å²) in [4.78, 5) is 14.0. The third-order valence-electron chi connectivity index (χ3n) is 3.71. The minimum atomic E-state index is -0.140. The molecular weight excluding hydrogens is 226 g/mol. The van der Waals surface area contributed by atoms with E-state index in [1.165, 1.54) is 11.3 Å². The van der Waals surface area contributed by atoms with Gasteiger partial charge in [0.25, 0.3) is 0 Å². The van der Waals surface area contributed by atoms with Crippen LogP contribution in [-0.4, -0.2) is 32.1 Å². The summed E-state index contributed by atoms with van der Waals surface area (Å²) in [5.41, 5.74) is 8.17. The summed E-state index contributed by atoms with van der Waals surface area (Å²) in [6.07, 6.45) is 0.966. The van der Waals surface area contributed by atoms with Gasteiger partial charge in [-0.1, -0.05) is 18.2 Å². The lowest BCUT2D eigenvalue weighted by atomic mass is 9.98. The fourth-order valence-electron chi connectivity index (χ4n) is 2.69. The average molecular weight is 247 g/mol. The third kappa shape index (κ3) is 2.20. The Hall–Kier alpha value is -1.55. The molecule has 2 atom stereocenters. The van der Waals surface area contributed by atoms with E-state index in [1.54, 1.807) is 7.05 Å². The van der Waals surface area contributed by atoms with Gasteiger partial charge in [-0.3, -0.25) is 4.79 Å². The van der Waals surface area contributed by atoms with Gasteiger partial charge in [-0.05, 0) is 31.5 Å². The predicted molar refractivity (Wildman–Crippen MR) is 73.7 cm³/mol. The second kappa shape index (κ2) is 5.40. The van der Waals surface area contributed by atoms with Gasteiger partial charge in [0.05, 0.1) is 0 Å². The second-order valence-corrected chi connectivity index (χ2v) is 4.78. The molecule has 3 N–H and O–H groups in total. The number of fused-ring (bicyclic) bond motifs is 1. The first-order valence-corrected chi connectivity index (χ1v) is 6.46.